The number of thiophene rings is 1. The first-order valence-corrected chi connectivity index (χ1v) is 11.7. The maximum atomic E-state index is 12.7. The molecule has 3 aliphatic heterocycles. The van der Waals surface area contributed by atoms with Crippen LogP contribution in [0.25, 0.3) is 0 Å². The van der Waals surface area contributed by atoms with Crippen molar-refractivity contribution in [2.24, 2.45) is 0 Å². The van der Waals surface area contributed by atoms with E-state index in [2.05, 4.69) is 10.6 Å². The van der Waals surface area contributed by atoms with Crippen molar-refractivity contribution >= 4 is 56.5 Å². The summed E-state index contributed by atoms with van der Waals surface area (Å²) < 4.78 is 24.1. The summed E-state index contributed by atoms with van der Waals surface area (Å²) in [6, 6.07) is -1.30. The maximum absolute atomic E-state index is 12.7. The van der Waals surface area contributed by atoms with Crippen molar-refractivity contribution < 1.29 is 27.6 Å². The van der Waals surface area contributed by atoms with E-state index in [1.807, 2.05) is 0 Å². The highest BCUT2D eigenvalue weighted by atomic mass is 35.5. The van der Waals surface area contributed by atoms with E-state index in [0.717, 1.165) is 4.90 Å². The molecule has 29 heavy (non-hydrogen) atoms. The van der Waals surface area contributed by atoms with Gasteiger partial charge in [-0.3, -0.25) is 19.3 Å². The zero-order valence-corrected chi connectivity index (χ0v) is 17.4. The third kappa shape index (κ3) is 3.19. The fraction of sp³-hybridized carbons (Fsp3) is 0.500. The van der Waals surface area contributed by atoms with E-state index in [1.165, 1.54) is 16.2 Å². The number of halogens is 1. The molecule has 2 N–H and O–H groups in total. The van der Waals surface area contributed by atoms with Crippen molar-refractivity contribution in [2.75, 3.05) is 31.9 Å². The molecule has 1 atom stereocenters. The molecule has 3 aliphatic rings. The van der Waals surface area contributed by atoms with E-state index in [-0.39, 0.29) is 37.4 Å². The second kappa shape index (κ2) is 6.96. The molecule has 0 bridgehead atoms. The number of urea groups is 1. The highest BCUT2D eigenvalue weighted by molar-refractivity contribution is 7.93. The zero-order valence-electron chi connectivity index (χ0n) is 15.0. The highest BCUT2D eigenvalue weighted by Crippen LogP contribution is 2.41. The maximum Gasteiger partial charge on any atom is 0.325 e. The molecule has 13 heteroatoms. The third-order valence-corrected chi connectivity index (χ3v) is 9.33. The molecule has 4 rings (SSSR count). The lowest BCUT2D eigenvalue weighted by Gasteiger charge is -2.50. The Labute approximate surface area is 175 Å². The standard InChI is InChI=1S/C16H17ClN4O6S2/c17-10-6-28-5-9(10)14(24)19-11-1-2-29(26,27)16(11)7-20(8-16)13(23)4-21-12(22)3-18-15(21)25/h5-6,11H,1-4,7-8H2,(H,18,25)(H,19,24). The number of nitrogens with zero attached hydrogens (tertiary/aromatic N) is 2. The molecule has 10 nitrogen and oxygen atoms in total. The minimum absolute atomic E-state index is 0.0929. The average molecular weight is 461 g/mol. The van der Waals surface area contributed by atoms with Gasteiger partial charge >= 0.3 is 6.03 Å². The third-order valence-electron chi connectivity index (χ3n) is 5.59. The van der Waals surface area contributed by atoms with E-state index in [1.54, 1.807) is 10.8 Å². The molecule has 1 spiro atoms. The first-order valence-electron chi connectivity index (χ1n) is 8.75. The number of nitrogens with one attached hydrogen (secondary N) is 2. The molecular formula is C16H17ClN4O6S2. The van der Waals surface area contributed by atoms with E-state index < -0.39 is 50.9 Å². The molecule has 0 saturated carbocycles. The van der Waals surface area contributed by atoms with Crippen LogP contribution in [0, 0.1) is 0 Å². The fourth-order valence-electron chi connectivity index (χ4n) is 3.88. The van der Waals surface area contributed by atoms with Crippen LogP contribution in [0.15, 0.2) is 10.8 Å². The van der Waals surface area contributed by atoms with E-state index in [4.69, 9.17) is 11.6 Å². The van der Waals surface area contributed by atoms with Crippen molar-refractivity contribution in [3.8, 4) is 0 Å². The van der Waals surface area contributed by atoms with Crippen molar-refractivity contribution in [1.29, 1.82) is 0 Å². The fourth-order valence-corrected chi connectivity index (χ4v) is 7.19. The summed E-state index contributed by atoms with van der Waals surface area (Å²) in [5.74, 6) is -1.58. The van der Waals surface area contributed by atoms with Gasteiger partial charge in [-0.05, 0) is 6.42 Å². The van der Waals surface area contributed by atoms with Crippen LogP contribution in [-0.2, 0) is 19.4 Å². The number of rotatable bonds is 4. The Morgan fingerprint density at radius 1 is 1.31 bits per heavy atom. The van der Waals surface area contributed by atoms with Gasteiger partial charge in [0.1, 0.15) is 11.3 Å². The molecule has 1 unspecified atom stereocenters. The molecule has 0 aromatic carbocycles. The number of imide groups is 1. The number of likely N-dealkylation sites (tertiary alicyclic amines) is 1. The molecule has 5 amide bonds. The smallest absolute Gasteiger partial charge is 0.325 e. The van der Waals surface area contributed by atoms with Gasteiger partial charge in [-0.25, -0.2) is 13.2 Å². The summed E-state index contributed by atoms with van der Waals surface area (Å²) in [6.45, 7) is -0.799. The monoisotopic (exact) mass is 460 g/mol. The Hall–Kier alpha value is -2.18. The van der Waals surface area contributed by atoms with Crippen molar-refractivity contribution in [3.63, 3.8) is 0 Å². The van der Waals surface area contributed by atoms with Gasteiger partial charge in [-0.2, -0.15) is 0 Å². The summed E-state index contributed by atoms with van der Waals surface area (Å²) in [4.78, 5) is 50.2. The van der Waals surface area contributed by atoms with Crippen LogP contribution in [0.2, 0.25) is 5.02 Å². The molecule has 3 saturated heterocycles. The van der Waals surface area contributed by atoms with Gasteiger partial charge in [0.15, 0.2) is 9.84 Å². The Morgan fingerprint density at radius 2 is 2.03 bits per heavy atom. The second-order valence-electron chi connectivity index (χ2n) is 7.22. The summed E-state index contributed by atoms with van der Waals surface area (Å²) in [5.41, 5.74) is 0.280. The van der Waals surface area contributed by atoms with Crippen molar-refractivity contribution in [3.05, 3.63) is 21.3 Å². The lowest BCUT2D eigenvalue weighted by Crippen LogP contribution is -2.73. The molecule has 1 aromatic heterocycles. The molecular weight excluding hydrogens is 444 g/mol. The first-order chi connectivity index (χ1) is 13.6. The van der Waals surface area contributed by atoms with Gasteiger partial charge in [0.05, 0.1) is 28.9 Å². The Morgan fingerprint density at radius 3 is 2.62 bits per heavy atom. The number of amides is 5. The van der Waals surface area contributed by atoms with Crippen LogP contribution in [0.1, 0.15) is 16.8 Å². The lowest BCUT2D eigenvalue weighted by molar-refractivity contribution is -0.140. The van der Waals surface area contributed by atoms with E-state index >= 15 is 0 Å². The quantitative estimate of drug-likeness (QED) is 0.579. The minimum atomic E-state index is -3.54. The van der Waals surface area contributed by atoms with E-state index in [9.17, 15) is 27.6 Å². The van der Waals surface area contributed by atoms with Crippen LogP contribution in [0.5, 0.6) is 0 Å². The Kier molecular flexibility index (Phi) is 4.82. The normalized spacial score (nSPS) is 24.5. The first kappa shape index (κ1) is 20.1. The van der Waals surface area contributed by atoms with Crippen LogP contribution < -0.4 is 10.6 Å². The van der Waals surface area contributed by atoms with Crippen LogP contribution in [0.3, 0.4) is 0 Å². The predicted octanol–water partition coefficient (Wildman–Crippen LogP) is -0.549. The predicted molar refractivity (Wildman–Crippen MR) is 103 cm³/mol. The van der Waals surface area contributed by atoms with Gasteiger partial charge in [-0.15, -0.1) is 11.3 Å². The van der Waals surface area contributed by atoms with Crippen molar-refractivity contribution in [1.82, 2.24) is 20.4 Å². The van der Waals surface area contributed by atoms with Crippen LogP contribution in [-0.4, -0.2) is 84.7 Å². The van der Waals surface area contributed by atoms with E-state index in [0.29, 0.717) is 5.02 Å². The van der Waals surface area contributed by atoms with Gasteiger partial charge in [0.2, 0.25) is 5.91 Å². The summed E-state index contributed by atoms with van der Waals surface area (Å²) in [5, 5.41) is 8.56. The lowest BCUT2D eigenvalue weighted by atomic mass is 9.88. The van der Waals surface area contributed by atoms with Gasteiger partial charge < -0.3 is 15.5 Å². The summed E-state index contributed by atoms with van der Waals surface area (Å²) in [7, 11) is -3.54. The van der Waals surface area contributed by atoms with Gasteiger partial charge in [0.25, 0.3) is 11.8 Å². The summed E-state index contributed by atoms with van der Waals surface area (Å²) in [6.07, 6.45) is 0.241. The molecule has 4 heterocycles. The largest absolute Gasteiger partial charge is 0.347 e. The molecule has 0 radical (unpaired) electrons. The zero-order chi connectivity index (χ0) is 21.0. The topological polar surface area (TPSA) is 133 Å². The second-order valence-corrected chi connectivity index (χ2v) is 10.8. The number of carbonyl (C=O) groups is 4. The van der Waals surface area contributed by atoms with Gasteiger partial charge in [0, 0.05) is 23.8 Å². The van der Waals surface area contributed by atoms with Crippen molar-refractivity contribution in [2.45, 2.75) is 17.2 Å². The molecule has 3 fully saturated rings. The minimum Gasteiger partial charge on any atom is -0.347 e. The number of hydrogen-bond donors (Lipinski definition) is 2. The van der Waals surface area contributed by atoms with Crippen LogP contribution in [0.4, 0.5) is 4.79 Å². The van der Waals surface area contributed by atoms with Crippen LogP contribution >= 0.6 is 22.9 Å². The SMILES string of the molecule is O=C(NC1CCS(=O)(=O)C12CN(C(=O)CN1C(=O)CNC1=O)C2)c1cscc1Cl. The summed E-state index contributed by atoms with van der Waals surface area (Å²) >= 11 is 7.24. The average Bonchev–Trinajstić information content (AvgIpc) is 3.25. The number of carbonyl (C=O) groups excluding carboxylic acids is 4. The number of hydrogen-bond acceptors (Lipinski definition) is 7. The number of sulfone groups is 1. The highest BCUT2D eigenvalue weighted by Gasteiger charge is 2.63. The Balaban J connectivity index is 1.45. The molecule has 1 aromatic rings. The molecule has 0 aliphatic carbocycles. The van der Waals surface area contributed by atoms with Gasteiger partial charge in [-0.1, -0.05) is 11.6 Å². The molecule has 156 valence electrons. The Bertz CT molecular complexity index is 1000.